The number of Topliss-reactive ketones (excluding diaryl/α,β-unsaturated/α-hetero) is 1. The molecule has 2 aromatic rings. The molecular weight excluding hydrogens is 271 g/mol. The standard InChI is InChI=1S/C17H17FO3/c1-11-6-14(18)5-4-12(11)9-17(19)13-7-15(20-2)10-16(8-13)21-3/h4-8,10H,9H2,1-3H3. The van der Waals surface area contributed by atoms with Crippen LogP contribution in [0.2, 0.25) is 0 Å². The van der Waals surface area contributed by atoms with Gasteiger partial charge in [-0.1, -0.05) is 6.07 Å². The third-order valence-corrected chi connectivity index (χ3v) is 3.33. The fraction of sp³-hybridized carbons (Fsp3) is 0.235. The third kappa shape index (κ3) is 3.60. The second-order valence-corrected chi connectivity index (χ2v) is 4.77. The highest BCUT2D eigenvalue weighted by molar-refractivity contribution is 5.98. The molecule has 0 aliphatic rings. The minimum Gasteiger partial charge on any atom is -0.497 e. The van der Waals surface area contributed by atoms with Crippen LogP contribution in [0.5, 0.6) is 11.5 Å². The minimum absolute atomic E-state index is 0.0677. The zero-order valence-electron chi connectivity index (χ0n) is 12.3. The van der Waals surface area contributed by atoms with E-state index in [1.807, 2.05) is 0 Å². The van der Waals surface area contributed by atoms with Crippen LogP contribution in [0.1, 0.15) is 21.5 Å². The Morgan fingerprint density at radius 1 is 1.05 bits per heavy atom. The number of aryl methyl sites for hydroxylation is 1. The average molecular weight is 288 g/mol. The lowest BCUT2D eigenvalue weighted by molar-refractivity contribution is 0.0992. The van der Waals surface area contributed by atoms with E-state index in [1.165, 1.54) is 26.4 Å². The summed E-state index contributed by atoms with van der Waals surface area (Å²) in [6, 6.07) is 9.48. The van der Waals surface area contributed by atoms with E-state index in [0.29, 0.717) is 17.1 Å². The Labute approximate surface area is 123 Å². The fourth-order valence-corrected chi connectivity index (χ4v) is 2.10. The van der Waals surface area contributed by atoms with Crippen LogP contribution in [0.25, 0.3) is 0 Å². The van der Waals surface area contributed by atoms with E-state index in [-0.39, 0.29) is 18.0 Å². The van der Waals surface area contributed by atoms with Gasteiger partial charge in [-0.05, 0) is 42.3 Å². The molecule has 110 valence electrons. The van der Waals surface area contributed by atoms with Gasteiger partial charge in [0.05, 0.1) is 14.2 Å². The van der Waals surface area contributed by atoms with Crippen LogP contribution in [0.4, 0.5) is 4.39 Å². The van der Waals surface area contributed by atoms with Crippen molar-refractivity contribution in [2.75, 3.05) is 14.2 Å². The maximum absolute atomic E-state index is 13.1. The molecule has 0 spiro atoms. The van der Waals surface area contributed by atoms with Gasteiger partial charge in [0.1, 0.15) is 17.3 Å². The Balaban J connectivity index is 2.27. The molecule has 0 unspecified atom stereocenters. The first-order valence-electron chi connectivity index (χ1n) is 6.55. The van der Waals surface area contributed by atoms with Crippen LogP contribution >= 0.6 is 0 Å². The summed E-state index contributed by atoms with van der Waals surface area (Å²) in [6.07, 6.45) is 0.211. The van der Waals surface area contributed by atoms with E-state index >= 15 is 0 Å². The Hall–Kier alpha value is -2.36. The lowest BCUT2D eigenvalue weighted by Crippen LogP contribution is -2.06. The normalized spacial score (nSPS) is 10.3. The van der Waals surface area contributed by atoms with Gasteiger partial charge in [-0.25, -0.2) is 4.39 Å². The number of methoxy groups -OCH3 is 2. The van der Waals surface area contributed by atoms with Crippen LogP contribution in [0.3, 0.4) is 0 Å². The SMILES string of the molecule is COc1cc(OC)cc(C(=O)Cc2ccc(F)cc2C)c1. The predicted molar refractivity (Wildman–Crippen MR) is 78.7 cm³/mol. The van der Waals surface area contributed by atoms with Crippen molar-refractivity contribution in [2.24, 2.45) is 0 Å². The minimum atomic E-state index is -0.299. The number of hydrogen-bond acceptors (Lipinski definition) is 3. The third-order valence-electron chi connectivity index (χ3n) is 3.33. The maximum atomic E-state index is 13.1. The molecule has 0 atom stereocenters. The number of rotatable bonds is 5. The van der Waals surface area contributed by atoms with Gasteiger partial charge in [-0.15, -0.1) is 0 Å². The first-order chi connectivity index (χ1) is 10.0. The molecule has 3 nitrogen and oxygen atoms in total. The zero-order valence-corrected chi connectivity index (χ0v) is 12.3. The van der Waals surface area contributed by atoms with Gasteiger partial charge < -0.3 is 9.47 Å². The summed E-state index contributed by atoms with van der Waals surface area (Å²) in [7, 11) is 3.07. The average Bonchev–Trinajstić information content (AvgIpc) is 2.49. The molecular formula is C17H17FO3. The summed E-state index contributed by atoms with van der Waals surface area (Å²) < 4.78 is 23.4. The number of hydrogen-bond donors (Lipinski definition) is 0. The van der Waals surface area contributed by atoms with E-state index in [0.717, 1.165) is 11.1 Å². The highest BCUT2D eigenvalue weighted by Crippen LogP contribution is 2.24. The van der Waals surface area contributed by atoms with Gasteiger partial charge in [-0.3, -0.25) is 4.79 Å². The predicted octanol–water partition coefficient (Wildman–Crippen LogP) is 3.58. The van der Waals surface area contributed by atoms with E-state index in [1.54, 1.807) is 31.2 Å². The summed E-state index contributed by atoms with van der Waals surface area (Å²) in [5.41, 5.74) is 2.08. The molecule has 0 heterocycles. The molecule has 2 aromatic carbocycles. The van der Waals surface area contributed by atoms with Gasteiger partial charge in [0.15, 0.2) is 5.78 Å². The lowest BCUT2D eigenvalue weighted by atomic mass is 9.99. The summed E-state index contributed by atoms with van der Waals surface area (Å²) in [5, 5.41) is 0. The molecule has 0 radical (unpaired) electrons. The number of ether oxygens (including phenoxy) is 2. The largest absolute Gasteiger partial charge is 0.497 e. The highest BCUT2D eigenvalue weighted by atomic mass is 19.1. The van der Waals surface area contributed by atoms with E-state index in [2.05, 4.69) is 0 Å². The molecule has 4 heteroatoms. The topological polar surface area (TPSA) is 35.5 Å². The fourth-order valence-electron chi connectivity index (χ4n) is 2.10. The molecule has 0 aromatic heterocycles. The number of halogens is 1. The van der Waals surface area contributed by atoms with Crippen molar-refractivity contribution in [2.45, 2.75) is 13.3 Å². The van der Waals surface area contributed by atoms with Crippen molar-refractivity contribution in [1.82, 2.24) is 0 Å². The monoisotopic (exact) mass is 288 g/mol. The van der Waals surface area contributed by atoms with Crippen LogP contribution in [0, 0.1) is 12.7 Å². The molecule has 2 rings (SSSR count). The Kier molecular flexibility index (Phi) is 4.58. The van der Waals surface area contributed by atoms with Gasteiger partial charge in [0.25, 0.3) is 0 Å². The van der Waals surface area contributed by atoms with Crippen LogP contribution in [-0.4, -0.2) is 20.0 Å². The molecule has 0 aliphatic carbocycles. The van der Waals surface area contributed by atoms with Crippen LogP contribution in [0.15, 0.2) is 36.4 Å². The number of benzene rings is 2. The Morgan fingerprint density at radius 2 is 1.67 bits per heavy atom. The zero-order chi connectivity index (χ0) is 15.4. The smallest absolute Gasteiger partial charge is 0.167 e. The van der Waals surface area contributed by atoms with E-state index in [4.69, 9.17) is 9.47 Å². The molecule has 0 fully saturated rings. The van der Waals surface area contributed by atoms with Crippen molar-refractivity contribution >= 4 is 5.78 Å². The highest BCUT2D eigenvalue weighted by Gasteiger charge is 2.12. The van der Waals surface area contributed by atoms with Gasteiger partial charge in [-0.2, -0.15) is 0 Å². The van der Waals surface area contributed by atoms with Gasteiger partial charge >= 0.3 is 0 Å². The van der Waals surface area contributed by atoms with Gasteiger partial charge in [0, 0.05) is 18.1 Å². The van der Waals surface area contributed by atoms with Crippen LogP contribution < -0.4 is 9.47 Å². The van der Waals surface area contributed by atoms with E-state index < -0.39 is 0 Å². The van der Waals surface area contributed by atoms with Gasteiger partial charge in [0.2, 0.25) is 0 Å². The summed E-state index contributed by atoms with van der Waals surface area (Å²) in [6.45, 7) is 1.79. The molecule has 0 N–H and O–H groups in total. The first-order valence-corrected chi connectivity index (χ1v) is 6.55. The second-order valence-electron chi connectivity index (χ2n) is 4.77. The molecule has 0 saturated carbocycles. The molecule has 0 amide bonds. The molecule has 0 aliphatic heterocycles. The molecule has 21 heavy (non-hydrogen) atoms. The Bertz CT molecular complexity index is 643. The summed E-state index contributed by atoms with van der Waals surface area (Å²) in [5.74, 6) is 0.760. The number of carbonyl (C=O) groups excluding carboxylic acids is 1. The summed E-state index contributed by atoms with van der Waals surface area (Å²) in [4.78, 5) is 12.4. The van der Waals surface area contributed by atoms with Crippen LogP contribution in [-0.2, 0) is 6.42 Å². The second kappa shape index (κ2) is 6.39. The Morgan fingerprint density at radius 3 is 2.19 bits per heavy atom. The van der Waals surface area contributed by atoms with Crippen molar-refractivity contribution in [1.29, 1.82) is 0 Å². The molecule has 0 bridgehead atoms. The number of ketones is 1. The molecule has 0 saturated heterocycles. The first kappa shape index (κ1) is 15.0. The lowest BCUT2D eigenvalue weighted by Gasteiger charge is -2.09. The maximum Gasteiger partial charge on any atom is 0.167 e. The van der Waals surface area contributed by atoms with Crippen molar-refractivity contribution < 1.29 is 18.7 Å². The quantitative estimate of drug-likeness (QED) is 0.789. The summed E-state index contributed by atoms with van der Waals surface area (Å²) >= 11 is 0. The van der Waals surface area contributed by atoms with Crippen molar-refractivity contribution in [3.05, 3.63) is 58.9 Å². The van der Waals surface area contributed by atoms with E-state index in [9.17, 15) is 9.18 Å². The van der Waals surface area contributed by atoms with Crippen molar-refractivity contribution in [3.8, 4) is 11.5 Å². The number of carbonyl (C=O) groups is 1. The van der Waals surface area contributed by atoms with Crippen molar-refractivity contribution in [3.63, 3.8) is 0 Å².